The monoisotopic (exact) mass is 216 g/mol. The number of hydrogen-bond acceptors (Lipinski definition) is 5. The van der Waals surface area contributed by atoms with E-state index in [-0.39, 0.29) is 6.61 Å². The summed E-state index contributed by atoms with van der Waals surface area (Å²) >= 11 is 0. The van der Waals surface area contributed by atoms with E-state index in [2.05, 4.69) is 0 Å². The Morgan fingerprint density at radius 2 is 2.07 bits per heavy atom. The van der Waals surface area contributed by atoms with Gasteiger partial charge in [-0.2, -0.15) is 0 Å². The molecular weight excluding hydrogens is 200 g/mol. The lowest BCUT2D eigenvalue weighted by atomic mass is 9.81. The molecule has 2 unspecified atom stereocenters. The third-order valence-corrected chi connectivity index (χ3v) is 2.55. The van der Waals surface area contributed by atoms with E-state index in [4.69, 9.17) is 9.47 Å². The van der Waals surface area contributed by atoms with Crippen LogP contribution in [0.1, 0.15) is 27.7 Å². The highest BCUT2D eigenvalue weighted by Gasteiger charge is 2.61. The molecule has 0 aromatic rings. The summed E-state index contributed by atoms with van der Waals surface area (Å²) in [6.45, 7) is 6.29. The number of carbonyl (C=O) groups excluding carboxylic acids is 2. The second-order valence-electron chi connectivity index (χ2n) is 4.33. The van der Waals surface area contributed by atoms with Crippen molar-refractivity contribution >= 4 is 11.9 Å². The minimum Gasteiger partial charge on any atom is -0.466 e. The molecular formula is C10H16O5. The molecule has 0 saturated carbocycles. The number of hydrogen-bond donors (Lipinski definition) is 1. The summed E-state index contributed by atoms with van der Waals surface area (Å²) in [4.78, 5) is 23.0. The molecule has 1 heterocycles. The zero-order valence-corrected chi connectivity index (χ0v) is 9.36. The van der Waals surface area contributed by atoms with Gasteiger partial charge < -0.3 is 14.6 Å². The van der Waals surface area contributed by atoms with Crippen LogP contribution < -0.4 is 0 Å². The predicted octanol–water partition coefficient (Wildman–Crippen LogP) is 0.252. The number of aliphatic hydroxyl groups is 1. The Kier molecular flexibility index (Phi) is 2.78. The molecule has 5 heteroatoms. The molecule has 1 aliphatic rings. The lowest BCUT2D eigenvalue weighted by molar-refractivity contribution is -0.161. The van der Waals surface area contributed by atoms with E-state index in [1.807, 2.05) is 0 Å². The second-order valence-corrected chi connectivity index (χ2v) is 4.33. The van der Waals surface area contributed by atoms with Crippen molar-refractivity contribution in [3.05, 3.63) is 0 Å². The lowest BCUT2D eigenvalue weighted by Crippen LogP contribution is -2.47. The van der Waals surface area contributed by atoms with Crippen LogP contribution in [-0.2, 0) is 19.1 Å². The van der Waals surface area contributed by atoms with Crippen LogP contribution >= 0.6 is 0 Å². The molecule has 0 bridgehead atoms. The van der Waals surface area contributed by atoms with Crippen LogP contribution in [0.4, 0.5) is 0 Å². The van der Waals surface area contributed by atoms with Crippen LogP contribution in [0.5, 0.6) is 0 Å². The SMILES string of the molecule is CCOC(=O)C1C(C)(C)OC(=O)C1(C)O. The normalized spacial score (nSPS) is 33.7. The minimum absolute atomic E-state index is 0.204. The highest BCUT2D eigenvalue weighted by atomic mass is 16.6. The van der Waals surface area contributed by atoms with E-state index >= 15 is 0 Å². The molecule has 1 aliphatic heterocycles. The first-order valence-electron chi connectivity index (χ1n) is 4.86. The van der Waals surface area contributed by atoms with Gasteiger partial charge in [-0.15, -0.1) is 0 Å². The zero-order valence-electron chi connectivity index (χ0n) is 9.36. The summed E-state index contributed by atoms with van der Waals surface area (Å²) in [5.74, 6) is -2.39. The van der Waals surface area contributed by atoms with Gasteiger partial charge in [0.15, 0.2) is 5.60 Å². The molecule has 5 nitrogen and oxygen atoms in total. The molecule has 1 fully saturated rings. The standard InChI is InChI=1S/C10H16O5/c1-5-14-7(11)6-9(2,3)15-8(12)10(6,4)13/h6,13H,5H2,1-4H3. The minimum atomic E-state index is -1.81. The third-order valence-electron chi connectivity index (χ3n) is 2.55. The van der Waals surface area contributed by atoms with Crippen LogP contribution in [0.25, 0.3) is 0 Å². The van der Waals surface area contributed by atoms with Crippen LogP contribution in [0, 0.1) is 5.92 Å². The summed E-state index contributed by atoms with van der Waals surface area (Å²) < 4.78 is 9.77. The number of esters is 2. The first kappa shape index (κ1) is 12.0. The molecule has 15 heavy (non-hydrogen) atoms. The third kappa shape index (κ3) is 1.84. The Balaban J connectivity index is 3.02. The maximum absolute atomic E-state index is 11.6. The van der Waals surface area contributed by atoms with Crippen molar-refractivity contribution in [1.29, 1.82) is 0 Å². The van der Waals surface area contributed by atoms with Gasteiger partial charge in [-0.05, 0) is 27.7 Å². The predicted molar refractivity (Wildman–Crippen MR) is 50.9 cm³/mol. The Bertz CT molecular complexity index is 292. The van der Waals surface area contributed by atoms with Crippen molar-refractivity contribution in [2.24, 2.45) is 5.92 Å². The van der Waals surface area contributed by atoms with E-state index in [9.17, 15) is 14.7 Å². The summed E-state index contributed by atoms with van der Waals surface area (Å²) in [6, 6.07) is 0. The summed E-state index contributed by atoms with van der Waals surface area (Å²) in [7, 11) is 0. The lowest BCUT2D eigenvalue weighted by Gasteiger charge is -2.26. The fourth-order valence-electron chi connectivity index (χ4n) is 1.93. The average molecular weight is 216 g/mol. The van der Waals surface area contributed by atoms with Crippen molar-refractivity contribution in [3.63, 3.8) is 0 Å². The van der Waals surface area contributed by atoms with Crippen molar-refractivity contribution in [3.8, 4) is 0 Å². The van der Waals surface area contributed by atoms with Gasteiger partial charge in [0.05, 0.1) is 6.61 Å². The Morgan fingerprint density at radius 1 is 1.53 bits per heavy atom. The van der Waals surface area contributed by atoms with Crippen molar-refractivity contribution in [1.82, 2.24) is 0 Å². The van der Waals surface area contributed by atoms with Crippen molar-refractivity contribution in [2.75, 3.05) is 6.61 Å². The first-order chi connectivity index (χ1) is 6.73. The van der Waals surface area contributed by atoms with Gasteiger partial charge in [0.25, 0.3) is 0 Å². The Labute approximate surface area is 88.4 Å². The highest BCUT2D eigenvalue weighted by Crippen LogP contribution is 2.40. The zero-order chi connectivity index (χ0) is 11.9. The van der Waals surface area contributed by atoms with Crippen LogP contribution in [0.2, 0.25) is 0 Å². The van der Waals surface area contributed by atoms with E-state index in [1.165, 1.54) is 6.92 Å². The highest BCUT2D eigenvalue weighted by molar-refractivity contribution is 5.91. The largest absolute Gasteiger partial charge is 0.466 e. The smallest absolute Gasteiger partial charge is 0.339 e. The van der Waals surface area contributed by atoms with Gasteiger partial charge in [0.2, 0.25) is 0 Å². The maximum Gasteiger partial charge on any atom is 0.339 e. The van der Waals surface area contributed by atoms with E-state index < -0.39 is 29.1 Å². The Hall–Kier alpha value is -1.10. The summed E-state index contributed by atoms with van der Waals surface area (Å²) in [5.41, 5.74) is -2.84. The van der Waals surface area contributed by atoms with Gasteiger partial charge in [-0.1, -0.05) is 0 Å². The van der Waals surface area contributed by atoms with Crippen molar-refractivity contribution in [2.45, 2.75) is 38.9 Å². The molecule has 1 saturated heterocycles. The quantitative estimate of drug-likeness (QED) is 0.670. The average Bonchev–Trinajstić information content (AvgIpc) is 2.16. The molecule has 0 aromatic heterocycles. The number of carbonyl (C=O) groups is 2. The van der Waals surface area contributed by atoms with Gasteiger partial charge in [-0.3, -0.25) is 4.79 Å². The molecule has 0 radical (unpaired) electrons. The topological polar surface area (TPSA) is 72.8 Å². The first-order valence-corrected chi connectivity index (χ1v) is 4.86. The van der Waals surface area contributed by atoms with E-state index in [0.29, 0.717) is 0 Å². The summed E-state index contributed by atoms with van der Waals surface area (Å²) in [5, 5.41) is 9.88. The molecule has 0 spiro atoms. The molecule has 0 amide bonds. The maximum atomic E-state index is 11.6. The number of rotatable bonds is 2. The van der Waals surface area contributed by atoms with Gasteiger partial charge in [0.1, 0.15) is 11.5 Å². The molecule has 0 aliphatic carbocycles. The molecule has 0 aromatic carbocycles. The van der Waals surface area contributed by atoms with Gasteiger partial charge in [-0.25, -0.2) is 4.79 Å². The molecule has 1 N–H and O–H groups in total. The summed E-state index contributed by atoms with van der Waals surface area (Å²) in [6.07, 6.45) is 0. The van der Waals surface area contributed by atoms with E-state index in [1.54, 1.807) is 20.8 Å². The molecule has 2 atom stereocenters. The second kappa shape index (κ2) is 3.48. The Morgan fingerprint density at radius 3 is 2.40 bits per heavy atom. The number of ether oxygens (including phenoxy) is 2. The molecule has 86 valence electrons. The van der Waals surface area contributed by atoms with Crippen LogP contribution in [0.15, 0.2) is 0 Å². The number of cyclic esters (lactones) is 1. The van der Waals surface area contributed by atoms with E-state index in [0.717, 1.165) is 0 Å². The fraction of sp³-hybridized carbons (Fsp3) is 0.800. The van der Waals surface area contributed by atoms with Crippen LogP contribution in [-0.4, -0.2) is 34.9 Å². The van der Waals surface area contributed by atoms with Crippen molar-refractivity contribution < 1.29 is 24.2 Å². The van der Waals surface area contributed by atoms with Crippen LogP contribution in [0.3, 0.4) is 0 Å². The fourth-order valence-corrected chi connectivity index (χ4v) is 1.93. The van der Waals surface area contributed by atoms with Gasteiger partial charge >= 0.3 is 11.9 Å². The van der Waals surface area contributed by atoms with Gasteiger partial charge in [0, 0.05) is 0 Å². The molecule has 1 rings (SSSR count).